The number of hydrogen-bond acceptors (Lipinski definition) is 7. The van der Waals surface area contributed by atoms with Crippen LogP contribution in [0.2, 0.25) is 0 Å². The van der Waals surface area contributed by atoms with Crippen LogP contribution < -0.4 is 10.6 Å². The summed E-state index contributed by atoms with van der Waals surface area (Å²) in [6, 6.07) is 7.92. The maximum Gasteiger partial charge on any atom is 0.333 e. The molecule has 2 heterocycles. The van der Waals surface area contributed by atoms with Crippen LogP contribution in [0.25, 0.3) is 0 Å². The molecule has 11 nitrogen and oxygen atoms in total. The van der Waals surface area contributed by atoms with E-state index in [1.807, 2.05) is 0 Å². The molecule has 1 aromatic carbocycles. The lowest BCUT2D eigenvalue weighted by Crippen LogP contribution is -2.56. The van der Waals surface area contributed by atoms with Crippen molar-refractivity contribution in [2.45, 2.75) is 38.6 Å². The monoisotopic (exact) mass is 482 g/mol. The molecule has 3 rings (SSSR count). The van der Waals surface area contributed by atoms with Crippen molar-refractivity contribution in [2.75, 3.05) is 6.54 Å². The summed E-state index contributed by atoms with van der Waals surface area (Å²) in [7, 11) is 0. The fourth-order valence-electron chi connectivity index (χ4n) is 4.78. The third kappa shape index (κ3) is 4.98. The Morgan fingerprint density at radius 1 is 1.23 bits per heavy atom. The van der Waals surface area contributed by atoms with Crippen LogP contribution in [0.4, 0.5) is 5.69 Å². The number of nitro benzene ring substituents is 1. The lowest BCUT2D eigenvalue weighted by atomic mass is 9.60. The zero-order chi connectivity index (χ0) is 25.8. The number of pyridine rings is 1. The van der Waals surface area contributed by atoms with Gasteiger partial charge < -0.3 is 20.8 Å². The average molecular weight is 482 g/mol. The summed E-state index contributed by atoms with van der Waals surface area (Å²) in [5, 5.41) is 37.5. The second-order valence-electron chi connectivity index (χ2n) is 8.44. The highest BCUT2D eigenvalue weighted by Crippen LogP contribution is 2.51. The summed E-state index contributed by atoms with van der Waals surface area (Å²) >= 11 is 0. The number of carbonyl (C=O) groups is 3. The van der Waals surface area contributed by atoms with E-state index < -0.39 is 34.2 Å². The fourth-order valence-corrected chi connectivity index (χ4v) is 4.78. The number of allylic oxidation sites excluding steroid dienone is 1. The van der Waals surface area contributed by atoms with Crippen LogP contribution in [0.3, 0.4) is 0 Å². The van der Waals surface area contributed by atoms with Gasteiger partial charge in [0.1, 0.15) is 0 Å². The van der Waals surface area contributed by atoms with Gasteiger partial charge in [-0.1, -0.05) is 12.1 Å². The zero-order valence-electron chi connectivity index (χ0n) is 19.2. The molecule has 0 fully saturated rings. The number of aliphatic carboxylic acids is 2. The molecule has 0 spiro atoms. The summed E-state index contributed by atoms with van der Waals surface area (Å²) in [5.41, 5.74) is -1.20. The number of nitrogens with one attached hydrogen (secondary N) is 2. The molecule has 2 aromatic rings. The third-order valence-electron chi connectivity index (χ3n) is 6.43. The summed E-state index contributed by atoms with van der Waals surface area (Å²) in [5.74, 6) is -4.08. The van der Waals surface area contributed by atoms with Gasteiger partial charge >= 0.3 is 11.9 Å². The van der Waals surface area contributed by atoms with E-state index in [9.17, 15) is 34.7 Å². The molecule has 35 heavy (non-hydrogen) atoms. The van der Waals surface area contributed by atoms with Gasteiger partial charge in [0, 0.05) is 48.7 Å². The predicted octanol–water partition coefficient (Wildman–Crippen LogP) is 2.70. The Kier molecular flexibility index (Phi) is 7.48. The lowest BCUT2D eigenvalue weighted by Gasteiger charge is -2.47. The van der Waals surface area contributed by atoms with E-state index in [-0.39, 0.29) is 42.1 Å². The Hall–Kier alpha value is -4.28. The second-order valence-corrected chi connectivity index (χ2v) is 8.44. The molecule has 3 unspecified atom stereocenters. The van der Waals surface area contributed by atoms with Gasteiger partial charge in [-0.3, -0.25) is 24.7 Å². The highest BCUT2D eigenvalue weighted by Gasteiger charge is 2.56. The zero-order valence-corrected chi connectivity index (χ0v) is 19.2. The third-order valence-corrected chi connectivity index (χ3v) is 6.43. The van der Waals surface area contributed by atoms with Gasteiger partial charge in [-0.25, -0.2) is 4.79 Å². The number of benzene rings is 1. The Morgan fingerprint density at radius 3 is 2.57 bits per heavy atom. The van der Waals surface area contributed by atoms with Crippen LogP contribution in [-0.2, 0) is 9.59 Å². The number of carboxylic acids is 2. The molecule has 4 N–H and O–H groups in total. The summed E-state index contributed by atoms with van der Waals surface area (Å²) < 4.78 is 0. The number of carbonyl (C=O) groups excluding carboxylic acids is 1. The van der Waals surface area contributed by atoms with E-state index in [0.717, 1.165) is 0 Å². The van der Waals surface area contributed by atoms with Crippen molar-refractivity contribution in [3.63, 3.8) is 0 Å². The second kappa shape index (κ2) is 10.3. The van der Waals surface area contributed by atoms with Gasteiger partial charge in [0.2, 0.25) is 0 Å². The first-order valence-corrected chi connectivity index (χ1v) is 11.0. The fraction of sp³-hybridized carbons (Fsp3) is 0.333. The van der Waals surface area contributed by atoms with E-state index in [1.54, 1.807) is 26.0 Å². The topological polar surface area (TPSA) is 172 Å². The minimum atomic E-state index is -1.65. The number of hydrogen-bond donors (Lipinski definition) is 4. The van der Waals surface area contributed by atoms with Crippen LogP contribution in [-0.4, -0.2) is 50.6 Å². The van der Waals surface area contributed by atoms with Crippen LogP contribution in [0.1, 0.15) is 48.5 Å². The Bertz CT molecular complexity index is 1180. The number of carboxylic acid groups (broad SMARTS) is 2. The van der Waals surface area contributed by atoms with E-state index in [1.165, 1.54) is 36.7 Å². The number of amides is 1. The molecule has 1 aliphatic rings. The van der Waals surface area contributed by atoms with Crippen molar-refractivity contribution in [1.29, 1.82) is 0 Å². The maximum absolute atomic E-state index is 12.8. The van der Waals surface area contributed by atoms with Crippen molar-refractivity contribution in [1.82, 2.24) is 15.6 Å². The van der Waals surface area contributed by atoms with Gasteiger partial charge in [-0.2, -0.15) is 0 Å². The minimum absolute atomic E-state index is 0.00123. The molecule has 0 aliphatic carbocycles. The summed E-state index contributed by atoms with van der Waals surface area (Å²) in [6.07, 6.45) is 3.17. The average Bonchev–Trinajstić information content (AvgIpc) is 2.82. The van der Waals surface area contributed by atoms with Crippen molar-refractivity contribution in [3.8, 4) is 0 Å². The van der Waals surface area contributed by atoms with Crippen LogP contribution in [0, 0.1) is 15.5 Å². The highest BCUT2D eigenvalue weighted by molar-refractivity contribution is 5.94. The minimum Gasteiger partial charge on any atom is -0.481 e. The first-order valence-electron chi connectivity index (χ1n) is 11.0. The van der Waals surface area contributed by atoms with Crippen molar-refractivity contribution in [3.05, 3.63) is 81.3 Å². The number of non-ortho nitro benzene ring substituents is 1. The molecule has 0 saturated carbocycles. The number of nitro groups is 1. The Morgan fingerprint density at radius 2 is 1.97 bits per heavy atom. The van der Waals surface area contributed by atoms with Crippen LogP contribution in [0.15, 0.2) is 60.1 Å². The first-order chi connectivity index (χ1) is 16.6. The van der Waals surface area contributed by atoms with E-state index in [0.29, 0.717) is 11.3 Å². The molecule has 11 heteroatoms. The molecular formula is C24H26N4O7. The number of nitrogens with zero attached hydrogens (tertiary/aromatic N) is 2. The van der Waals surface area contributed by atoms with Gasteiger partial charge in [-0.15, -0.1) is 0 Å². The van der Waals surface area contributed by atoms with Crippen LogP contribution >= 0.6 is 0 Å². The maximum atomic E-state index is 12.8. The van der Waals surface area contributed by atoms with Crippen molar-refractivity contribution >= 4 is 23.5 Å². The molecule has 184 valence electrons. The first kappa shape index (κ1) is 25.3. The Balaban J connectivity index is 1.98. The smallest absolute Gasteiger partial charge is 0.333 e. The molecule has 0 bridgehead atoms. The molecule has 1 amide bonds. The van der Waals surface area contributed by atoms with E-state index >= 15 is 0 Å². The summed E-state index contributed by atoms with van der Waals surface area (Å²) in [6.45, 7) is 3.33. The highest BCUT2D eigenvalue weighted by atomic mass is 16.6. The van der Waals surface area contributed by atoms with Crippen molar-refractivity contribution < 1.29 is 29.5 Å². The molecule has 0 radical (unpaired) electrons. The quantitative estimate of drug-likeness (QED) is 0.238. The van der Waals surface area contributed by atoms with Crippen LogP contribution in [0.5, 0.6) is 0 Å². The molecule has 1 aromatic heterocycles. The van der Waals surface area contributed by atoms with Gasteiger partial charge in [0.25, 0.3) is 11.6 Å². The SMILES string of the molecule is CC1=C(C(=O)O)C(c2cccc([N+](=O)[O-])c2)C(CCCNC(=O)c2cccnc2)(C(=O)O)C(C)N1. The molecule has 3 atom stereocenters. The van der Waals surface area contributed by atoms with E-state index in [2.05, 4.69) is 15.6 Å². The van der Waals surface area contributed by atoms with Gasteiger partial charge in [-0.05, 0) is 44.4 Å². The van der Waals surface area contributed by atoms with Gasteiger partial charge in [0.05, 0.1) is 21.5 Å². The Labute approximate surface area is 201 Å². The lowest BCUT2D eigenvalue weighted by molar-refractivity contribution is -0.384. The van der Waals surface area contributed by atoms with E-state index in [4.69, 9.17) is 0 Å². The van der Waals surface area contributed by atoms with Gasteiger partial charge in [0.15, 0.2) is 0 Å². The largest absolute Gasteiger partial charge is 0.481 e. The predicted molar refractivity (Wildman–Crippen MR) is 125 cm³/mol. The molecule has 1 aliphatic heterocycles. The van der Waals surface area contributed by atoms with Crippen molar-refractivity contribution in [2.24, 2.45) is 5.41 Å². The molecule has 0 saturated heterocycles. The number of rotatable bonds is 9. The summed E-state index contributed by atoms with van der Waals surface area (Å²) in [4.78, 5) is 52.1. The standard InChI is InChI=1S/C24H26N4O7/c1-14-19(22(30)31)20(16-6-3-8-18(12-16)28(34)35)24(23(32)33,15(2)27-14)9-5-11-26-21(29)17-7-4-10-25-13-17/h3-4,6-8,10,12-13,15,20,27H,5,9,11H2,1-2H3,(H,26,29)(H,30,31)(H,32,33). The molecular weight excluding hydrogens is 456 g/mol. The number of aromatic nitrogens is 1. The normalized spacial score (nSPS) is 21.7.